The summed E-state index contributed by atoms with van der Waals surface area (Å²) in [6.07, 6.45) is -0.394. The molecule has 0 spiro atoms. The fraction of sp³-hybridized carbons (Fsp3) is 0.250. The number of carbonyl (C=O) groups excluding carboxylic acids is 1. The number of aryl methyl sites for hydroxylation is 1. The predicted molar refractivity (Wildman–Crippen MR) is 98.3 cm³/mol. The van der Waals surface area contributed by atoms with Gasteiger partial charge < -0.3 is 4.43 Å². The van der Waals surface area contributed by atoms with Gasteiger partial charge in [0.05, 0.1) is 6.10 Å². The highest BCUT2D eigenvalue weighted by atomic mass is 28.4. The van der Waals surface area contributed by atoms with E-state index < -0.39 is 14.4 Å². The lowest BCUT2D eigenvalue weighted by Crippen LogP contribution is -2.30. The second kappa shape index (κ2) is 7.07. The molecule has 3 heteroatoms. The minimum Gasteiger partial charge on any atom is -0.407 e. The first-order chi connectivity index (χ1) is 10.8. The summed E-state index contributed by atoms with van der Waals surface area (Å²) in [7, 11) is -1.84. The molecule has 1 unspecified atom stereocenters. The summed E-state index contributed by atoms with van der Waals surface area (Å²) in [5.74, 6) is -0.0607. The number of ketones is 1. The van der Waals surface area contributed by atoms with Crippen LogP contribution in [0.2, 0.25) is 19.6 Å². The van der Waals surface area contributed by atoms with Crippen LogP contribution in [0.1, 0.15) is 27.6 Å². The van der Waals surface area contributed by atoms with Crippen LogP contribution < -0.4 is 0 Å². The van der Waals surface area contributed by atoms with E-state index in [1.807, 2.05) is 61.5 Å². The van der Waals surface area contributed by atoms with E-state index in [0.717, 1.165) is 5.56 Å². The van der Waals surface area contributed by atoms with E-state index in [0.29, 0.717) is 11.1 Å². The van der Waals surface area contributed by atoms with Crippen molar-refractivity contribution >= 4 is 14.1 Å². The van der Waals surface area contributed by atoms with Crippen molar-refractivity contribution in [1.29, 1.82) is 0 Å². The molecule has 2 aromatic rings. The number of hydrogen-bond acceptors (Lipinski definition) is 2. The van der Waals surface area contributed by atoms with E-state index in [1.165, 1.54) is 5.56 Å². The van der Waals surface area contributed by atoms with Crippen LogP contribution in [0.25, 0.3) is 0 Å². The van der Waals surface area contributed by atoms with E-state index in [-0.39, 0.29) is 5.78 Å². The molecule has 0 aromatic heterocycles. The molecule has 0 amide bonds. The average Bonchev–Trinajstić information content (AvgIpc) is 2.52. The molecule has 2 nitrogen and oxygen atoms in total. The molecule has 0 aliphatic rings. The Hall–Kier alpha value is -1.97. The van der Waals surface area contributed by atoms with E-state index in [4.69, 9.17) is 4.43 Å². The molecule has 1 atom stereocenters. The van der Waals surface area contributed by atoms with Crippen molar-refractivity contribution < 1.29 is 9.22 Å². The molecule has 0 N–H and O–H groups in total. The summed E-state index contributed by atoms with van der Waals surface area (Å²) in [5, 5.41) is 0. The first kappa shape index (κ1) is 17.4. The minimum atomic E-state index is -1.84. The first-order valence-electron chi connectivity index (χ1n) is 7.81. The summed E-state index contributed by atoms with van der Waals surface area (Å²) in [4.78, 5) is 12.7. The highest BCUT2D eigenvalue weighted by molar-refractivity contribution is 6.69. The molecule has 0 saturated carbocycles. The third-order valence-electron chi connectivity index (χ3n) is 3.50. The molecule has 0 radical (unpaired) electrons. The smallest absolute Gasteiger partial charge is 0.191 e. The van der Waals surface area contributed by atoms with Crippen LogP contribution in [-0.2, 0) is 4.43 Å². The molecule has 0 saturated heterocycles. The quantitative estimate of drug-likeness (QED) is 0.408. The van der Waals surface area contributed by atoms with Gasteiger partial charge in [0.2, 0.25) is 0 Å². The lowest BCUT2D eigenvalue weighted by Gasteiger charge is -2.28. The topological polar surface area (TPSA) is 26.3 Å². The summed E-state index contributed by atoms with van der Waals surface area (Å²) >= 11 is 0. The predicted octanol–water partition coefficient (Wildman–Crippen LogP) is 5.33. The van der Waals surface area contributed by atoms with Crippen molar-refractivity contribution in [2.75, 3.05) is 0 Å². The molecule has 23 heavy (non-hydrogen) atoms. The molecular weight excluding hydrogens is 300 g/mol. The number of carbonyl (C=O) groups is 1. The molecule has 0 aliphatic heterocycles. The van der Waals surface area contributed by atoms with Crippen molar-refractivity contribution in [3.05, 3.63) is 83.4 Å². The zero-order valence-electron chi connectivity index (χ0n) is 14.3. The van der Waals surface area contributed by atoms with Gasteiger partial charge in [0.1, 0.15) is 0 Å². The molecule has 120 valence electrons. The van der Waals surface area contributed by atoms with Crippen molar-refractivity contribution in [3.8, 4) is 0 Å². The first-order valence-corrected chi connectivity index (χ1v) is 11.2. The molecule has 2 rings (SSSR count). The number of benzene rings is 2. The van der Waals surface area contributed by atoms with Crippen molar-refractivity contribution in [3.63, 3.8) is 0 Å². The Kier molecular flexibility index (Phi) is 5.34. The van der Waals surface area contributed by atoms with Gasteiger partial charge in [-0.1, -0.05) is 66.7 Å². The largest absolute Gasteiger partial charge is 0.407 e. The van der Waals surface area contributed by atoms with Crippen molar-refractivity contribution in [2.45, 2.75) is 32.7 Å². The maximum absolute atomic E-state index is 12.7. The van der Waals surface area contributed by atoms with Gasteiger partial charge in [-0.25, -0.2) is 0 Å². The van der Waals surface area contributed by atoms with Gasteiger partial charge in [0.25, 0.3) is 0 Å². The Morgan fingerprint density at radius 1 is 1.00 bits per heavy atom. The van der Waals surface area contributed by atoms with E-state index >= 15 is 0 Å². The van der Waals surface area contributed by atoms with E-state index in [9.17, 15) is 4.79 Å². The van der Waals surface area contributed by atoms with E-state index in [1.54, 1.807) is 0 Å². The lowest BCUT2D eigenvalue weighted by atomic mass is 9.95. The second-order valence-electron chi connectivity index (χ2n) is 6.74. The summed E-state index contributed by atoms with van der Waals surface area (Å²) in [6, 6.07) is 17.4. The van der Waals surface area contributed by atoms with E-state index in [2.05, 4.69) is 26.2 Å². The second-order valence-corrected chi connectivity index (χ2v) is 11.2. The zero-order valence-corrected chi connectivity index (χ0v) is 15.3. The van der Waals surface area contributed by atoms with Crippen LogP contribution in [-0.4, -0.2) is 14.1 Å². The van der Waals surface area contributed by atoms with Gasteiger partial charge in [-0.05, 0) is 32.1 Å². The third kappa shape index (κ3) is 4.75. The molecule has 0 aliphatic carbocycles. The molecule has 0 bridgehead atoms. The SMILES string of the molecule is C=C(C(=O)c1ccccc1)C(O[Si](C)(C)C)c1ccc(C)cc1. The van der Waals surface area contributed by atoms with Gasteiger partial charge in [-0.2, -0.15) is 0 Å². The van der Waals surface area contributed by atoms with Gasteiger partial charge in [-0.15, -0.1) is 0 Å². The Labute approximate surface area is 139 Å². The van der Waals surface area contributed by atoms with Crippen LogP contribution in [0.3, 0.4) is 0 Å². The van der Waals surface area contributed by atoms with Crippen LogP contribution >= 0.6 is 0 Å². The summed E-state index contributed by atoms with van der Waals surface area (Å²) in [5.41, 5.74) is 3.30. The zero-order chi connectivity index (χ0) is 17.0. The van der Waals surface area contributed by atoms with Crippen LogP contribution in [0.4, 0.5) is 0 Å². The third-order valence-corrected chi connectivity index (χ3v) is 4.44. The van der Waals surface area contributed by atoms with Crippen molar-refractivity contribution in [1.82, 2.24) is 0 Å². The molecule has 2 aromatic carbocycles. The summed E-state index contributed by atoms with van der Waals surface area (Å²) in [6.45, 7) is 12.5. The van der Waals surface area contributed by atoms with Gasteiger partial charge in [0, 0.05) is 11.1 Å². The Bertz CT molecular complexity index is 682. The standard InChI is InChI=1S/C20H24O2Si/c1-15-11-13-18(14-12-15)20(22-23(3,4)5)16(2)19(21)17-9-7-6-8-10-17/h6-14,20H,2H2,1,3-5H3. The van der Waals surface area contributed by atoms with Gasteiger partial charge >= 0.3 is 0 Å². The summed E-state index contributed by atoms with van der Waals surface area (Å²) < 4.78 is 6.29. The average molecular weight is 324 g/mol. The molecular formula is C20H24O2Si. The van der Waals surface area contributed by atoms with Crippen LogP contribution in [0.5, 0.6) is 0 Å². The Balaban J connectivity index is 2.35. The monoisotopic (exact) mass is 324 g/mol. The fourth-order valence-electron chi connectivity index (χ4n) is 2.33. The lowest BCUT2D eigenvalue weighted by molar-refractivity contribution is 0.0995. The van der Waals surface area contributed by atoms with Crippen molar-refractivity contribution in [2.24, 2.45) is 0 Å². The number of Topliss-reactive ketones (excluding diaryl/α,β-unsaturated/α-hetero) is 1. The Morgan fingerprint density at radius 2 is 1.57 bits per heavy atom. The highest BCUT2D eigenvalue weighted by Crippen LogP contribution is 2.30. The number of hydrogen-bond donors (Lipinski definition) is 0. The molecule has 0 heterocycles. The van der Waals surface area contributed by atoms with Gasteiger partial charge in [0.15, 0.2) is 14.1 Å². The van der Waals surface area contributed by atoms with Gasteiger partial charge in [-0.3, -0.25) is 4.79 Å². The Morgan fingerprint density at radius 3 is 2.09 bits per heavy atom. The fourth-order valence-corrected chi connectivity index (χ4v) is 3.31. The van der Waals surface area contributed by atoms with Crippen LogP contribution in [0.15, 0.2) is 66.7 Å². The maximum atomic E-state index is 12.7. The normalized spacial score (nSPS) is 12.7. The minimum absolute atomic E-state index is 0.0607. The maximum Gasteiger partial charge on any atom is 0.191 e. The highest BCUT2D eigenvalue weighted by Gasteiger charge is 2.28. The molecule has 0 fully saturated rings. The van der Waals surface area contributed by atoms with Crippen LogP contribution in [0, 0.1) is 6.92 Å². The number of rotatable bonds is 6.